The smallest absolute Gasteiger partial charge is 0.343 e. The predicted octanol–water partition coefficient (Wildman–Crippen LogP) is 4.87. The topological polar surface area (TPSA) is 43.4 Å². The normalized spacial score (nSPS) is 12.1. The number of halogens is 2. The second-order valence-electron chi connectivity index (χ2n) is 6.38. The van der Waals surface area contributed by atoms with E-state index in [4.69, 9.17) is 4.74 Å². The van der Waals surface area contributed by atoms with Gasteiger partial charge in [0.05, 0.1) is 6.61 Å². The number of ether oxygens (including phenoxy) is 1. The van der Waals surface area contributed by atoms with Crippen molar-refractivity contribution in [2.75, 3.05) is 6.61 Å². The molecule has 0 atom stereocenters. The Morgan fingerprint density at radius 2 is 1.55 bits per heavy atom. The van der Waals surface area contributed by atoms with E-state index in [2.05, 4.69) is 6.58 Å². The lowest BCUT2D eigenvalue weighted by Crippen LogP contribution is -2.37. The lowest BCUT2D eigenvalue weighted by molar-refractivity contribution is -0.136. The molecule has 0 radical (unpaired) electrons. The number of benzene rings is 2. The molecule has 0 aliphatic heterocycles. The molecule has 0 N–H and O–H groups in total. The van der Waals surface area contributed by atoms with Crippen molar-refractivity contribution in [3.8, 4) is 0 Å². The van der Waals surface area contributed by atoms with Crippen LogP contribution in [-0.2, 0) is 14.3 Å². The Hall–Kier alpha value is -3.04. The number of esters is 1. The molecule has 3 nitrogen and oxygen atoms in total. The zero-order valence-electron chi connectivity index (χ0n) is 17.5. The van der Waals surface area contributed by atoms with E-state index in [1.165, 1.54) is 0 Å². The first-order valence-electron chi connectivity index (χ1n) is 9.78. The first kappa shape index (κ1) is 24.2. The van der Waals surface area contributed by atoms with Gasteiger partial charge in [-0.15, -0.1) is 0 Å². The molecule has 162 valence electrons. The van der Waals surface area contributed by atoms with Crippen molar-refractivity contribution in [1.82, 2.24) is 0 Å². The van der Waals surface area contributed by atoms with Crippen LogP contribution in [0.5, 0.6) is 0 Å². The van der Waals surface area contributed by atoms with Gasteiger partial charge in [-0.25, -0.2) is 13.6 Å². The number of hydrogen-bond donors (Lipinski definition) is 0. The summed E-state index contributed by atoms with van der Waals surface area (Å²) in [6, 6.07) is 17.6. The highest BCUT2D eigenvalue weighted by atomic mass is 31.2. The van der Waals surface area contributed by atoms with Crippen molar-refractivity contribution in [3.05, 3.63) is 96.9 Å². The third kappa shape index (κ3) is 5.00. The molecule has 0 bridgehead atoms. The number of hydrogen-bond acceptors (Lipinski definition) is 3. The summed E-state index contributed by atoms with van der Waals surface area (Å²) in [5.41, 5.74) is 0. The van der Waals surface area contributed by atoms with Crippen LogP contribution in [0.3, 0.4) is 0 Å². The van der Waals surface area contributed by atoms with Crippen molar-refractivity contribution in [2.45, 2.75) is 20.3 Å². The van der Waals surface area contributed by atoms with E-state index in [1.54, 1.807) is 98.8 Å². The average molecular weight is 442 g/mol. The van der Waals surface area contributed by atoms with E-state index in [-0.39, 0.29) is 6.61 Å². The second kappa shape index (κ2) is 11.4. The van der Waals surface area contributed by atoms with Gasteiger partial charge in [0, 0.05) is 0 Å². The number of Topliss-reactive ketones (excluding diaryl/α,β-unsaturated/α-hetero) is 1. The number of allylic oxidation sites excluding steroid dienone is 5. The van der Waals surface area contributed by atoms with Crippen molar-refractivity contribution in [1.29, 1.82) is 0 Å². The Kier molecular flexibility index (Phi) is 8.89. The van der Waals surface area contributed by atoms with E-state index >= 15 is 0 Å². The Labute approximate surface area is 181 Å². The molecule has 31 heavy (non-hydrogen) atoms. The molecule has 0 saturated carbocycles. The molecule has 0 aliphatic carbocycles. The molecule has 0 fully saturated rings. The minimum atomic E-state index is -3.35. The second-order valence-corrected chi connectivity index (χ2v) is 9.72. The number of carbonyl (C=O) groups excluding carboxylic acids is 2. The Morgan fingerprint density at radius 1 is 1.03 bits per heavy atom. The summed E-state index contributed by atoms with van der Waals surface area (Å²) in [5, 5.41) is 1.24. The van der Waals surface area contributed by atoms with E-state index in [1.807, 2.05) is 0 Å². The number of carbonyl (C=O) groups is 2. The van der Waals surface area contributed by atoms with Crippen LogP contribution in [0, 0.1) is 0 Å². The molecular weight excluding hydrogens is 417 g/mol. The van der Waals surface area contributed by atoms with Crippen molar-refractivity contribution in [2.24, 2.45) is 0 Å². The van der Waals surface area contributed by atoms with E-state index < -0.39 is 30.4 Å². The Morgan fingerprint density at radius 3 is 1.94 bits per heavy atom. The van der Waals surface area contributed by atoms with Gasteiger partial charge in [0.1, 0.15) is 5.29 Å². The zero-order valence-corrected chi connectivity index (χ0v) is 18.4. The fraction of sp³-hybridized carbons (Fsp3) is 0.160. The maximum absolute atomic E-state index is 13.8. The van der Waals surface area contributed by atoms with Crippen LogP contribution in [0.25, 0.3) is 0 Å². The van der Waals surface area contributed by atoms with Crippen molar-refractivity contribution in [3.63, 3.8) is 0 Å². The van der Waals surface area contributed by atoms with Crippen LogP contribution in [-0.4, -0.2) is 30.1 Å². The highest BCUT2D eigenvalue weighted by Crippen LogP contribution is 2.56. The van der Waals surface area contributed by atoms with Gasteiger partial charge >= 0.3 is 12.4 Å². The monoisotopic (exact) mass is 442 g/mol. The standard InChI is InChI=1S/C25H25F2O3P/c1-4-7-14-19(5-2)31(20-15-10-8-11-16-20,21-17-12-9-13-18-21)23(22(28)24(26)27)25(29)30-6-3/h4-5,7-18,24H,1,6H2,2-3H3. The SMILES string of the molecule is C=CC=CC(=CC)P(=C(C(=O)OCC)C(=O)C(F)F)(c1ccccc1)c1ccccc1. The van der Waals surface area contributed by atoms with Crippen molar-refractivity contribution >= 4 is 34.5 Å². The predicted molar refractivity (Wildman–Crippen MR) is 125 cm³/mol. The lowest BCUT2D eigenvalue weighted by atomic mass is 10.3. The molecule has 0 amide bonds. The minimum absolute atomic E-state index is 0.0455. The fourth-order valence-electron chi connectivity index (χ4n) is 3.41. The van der Waals surface area contributed by atoms with Gasteiger partial charge in [0.25, 0.3) is 0 Å². The molecule has 0 aromatic heterocycles. The first-order chi connectivity index (χ1) is 14.9. The van der Waals surface area contributed by atoms with Crippen LogP contribution >= 0.6 is 6.89 Å². The fourth-order valence-corrected chi connectivity index (χ4v) is 7.78. The minimum Gasteiger partial charge on any atom is -0.462 e. The number of alkyl halides is 2. The maximum Gasteiger partial charge on any atom is 0.343 e. The summed E-state index contributed by atoms with van der Waals surface area (Å²) in [6.45, 7) is 3.65. The molecule has 2 aromatic rings. The lowest BCUT2D eigenvalue weighted by Gasteiger charge is -2.32. The quantitative estimate of drug-likeness (QED) is 0.241. The molecule has 0 aliphatic rings. The zero-order chi connectivity index (χ0) is 22.9. The summed E-state index contributed by atoms with van der Waals surface area (Å²) in [5.74, 6) is -2.55. The largest absolute Gasteiger partial charge is 0.462 e. The molecule has 6 heteroatoms. The highest BCUT2D eigenvalue weighted by Gasteiger charge is 2.40. The van der Waals surface area contributed by atoms with Crippen LogP contribution in [0.15, 0.2) is 96.9 Å². The molecule has 0 heterocycles. The van der Waals surface area contributed by atoms with Crippen LogP contribution in [0.2, 0.25) is 0 Å². The summed E-state index contributed by atoms with van der Waals surface area (Å²) in [7, 11) is 0. The number of rotatable bonds is 9. The molecule has 0 unspecified atom stereocenters. The molecule has 2 rings (SSSR count). The Balaban J connectivity index is 3.27. The third-order valence-electron chi connectivity index (χ3n) is 4.61. The molecule has 2 aromatic carbocycles. The van der Waals surface area contributed by atoms with Crippen LogP contribution in [0.4, 0.5) is 8.78 Å². The van der Waals surface area contributed by atoms with E-state index in [0.29, 0.717) is 15.9 Å². The molecule has 0 saturated heterocycles. The van der Waals surface area contributed by atoms with Crippen molar-refractivity contribution < 1.29 is 23.1 Å². The van der Waals surface area contributed by atoms with E-state index in [9.17, 15) is 18.4 Å². The summed E-state index contributed by atoms with van der Waals surface area (Å²) in [4.78, 5) is 26.0. The summed E-state index contributed by atoms with van der Waals surface area (Å²) < 4.78 is 32.8. The highest BCUT2D eigenvalue weighted by molar-refractivity contribution is 7.95. The van der Waals surface area contributed by atoms with Gasteiger partial charge in [-0.1, -0.05) is 91.5 Å². The molecule has 0 spiro atoms. The van der Waals surface area contributed by atoms with Crippen LogP contribution in [0.1, 0.15) is 13.8 Å². The average Bonchev–Trinajstić information content (AvgIpc) is 2.79. The van der Waals surface area contributed by atoms with E-state index in [0.717, 1.165) is 0 Å². The molecular formula is C25H25F2O3P. The van der Waals surface area contributed by atoms with Gasteiger partial charge in [-0.3, -0.25) is 4.79 Å². The van der Waals surface area contributed by atoms with Crippen LogP contribution < -0.4 is 10.6 Å². The first-order valence-corrected chi connectivity index (χ1v) is 11.6. The van der Waals surface area contributed by atoms with Gasteiger partial charge < -0.3 is 4.74 Å². The summed E-state index contributed by atoms with van der Waals surface area (Å²) >= 11 is 0. The summed E-state index contributed by atoms with van der Waals surface area (Å²) in [6.07, 6.45) is 3.30. The number of ketones is 1. The van der Waals surface area contributed by atoms with Gasteiger partial charge in [0.15, 0.2) is 0 Å². The van der Waals surface area contributed by atoms with Gasteiger partial charge in [-0.05, 0) is 36.7 Å². The third-order valence-corrected chi connectivity index (χ3v) is 9.01. The Bertz CT molecular complexity index is 995. The van der Waals surface area contributed by atoms with Gasteiger partial charge in [-0.2, -0.15) is 0 Å². The van der Waals surface area contributed by atoms with Gasteiger partial charge in [0.2, 0.25) is 5.78 Å². The maximum atomic E-state index is 13.8.